The Bertz CT molecular complexity index is 1830. The van der Waals surface area contributed by atoms with Crippen LogP contribution in [0.15, 0.2) is 91.0 Å². The van der Waals surface area contributed by atoms with Gasteiger partial charge < -0.3 is 20.5 Å². The molecule has 3 aromatic carbocycles. The monoisotopic (exact) mass is 729 g/mol. The zero-order chi connectivity index (χ0) is 38.4. The summed E-state index contributed by atoms with van der Waals surface area (Å²) < 4.78 is 0. The molecule has 0 saturated heterocycles. The number of carboxylic acids is 2. The largest absolute Gasteiger partial charge is 0.478 e. The molecule has 0 spiro atoms. The predicted octanol–water partition coefficient (Wildman–Crippen LogP) is 11.2. The number of carbonyl (C=O) groups is 3. The lowest BCUT2D eigenvalue weighted by Gasteiger charge is -2.05. The summed E-state index contributed by atoms with van der Waals surface area (Å²) in [5.74, 6) is -1.48. The second-order valence-electron chi connectivity index (χ2n) is 13.7. The second kappa shape index (κ2) is 23.2. The molecule has 0 aliphatic carbocycles. The van der Waals surface area contributed by atoms with Crippen molar-refractivity contribution in [2.45, 2.75) is 96.8 Å². The smallest absolute Gasteiger partial charge is 0.328 e. The number of benzene rings is 3. The zero-order valence-electron chi connectivity index (χ0n) is 31.6. The van der Waals surface area contributed by atoms with Crippen molar-refractivity contribution in [3.8, 4) is 33.9 Å². The third-order valence-corrected chi connectivity index (χ3v) is 9.36. The predicted molar refractivity (Wildman–Crippen MR) is 221 cm³/mol. The molecule has 4 N–H and O–H groups in total. The highest BCUT2D eigenvalue weighted by Gasteiger charge is 2.16. The van der Waals surface area contributed by atoms with Gasteiger partial charge in [-0.3, -0.25) is 4.79 Å². The molecular formula is C46H55N3O5. The average Bonchev–Trinajstić information content (AvgIpc) is 3.63. The molecule has 0 aliphatic rings. The van der Waals surface area contributed by atoms with Gasteiger partial charge >= 0.3 is 11.9 Å². The number of nitrogens with zero attached hydrogens (tertiary/aromatic N) is 1. The van der Waals surface area contributed by atoms with Gasteiger partial charge in [0.05, 0.1) is 11.4 Å². The van der Waals surface area contributed by atoms with Crippen LogP contribution in [0, 0.1) is 0 Å². The number of nitrogens with one attached hydrogen (secondary N) is 2. The van der Waals surface area contributed by atoms with Crippen LogP contribution in [0.1, 0.15) is 114 Å². The number of unbranched alkanes of at least 4 members (excludes halogenated alkanes) is 13. The Hall–Kier alpha value is -5.50. The van der Waals surface area contributed by atoms with E-state index in [1.54, 1.807) is 6.08 Å². The van der Waals surface area contributed by atoms with Gasteiger partial charge in [-0.05, 0) is 41.3 Å². The van der Waals surface area contributed by atoms with Crippen molar-refractivity contribution in [3.63, 3.8) is 0 Å². The Morgan fingerprint density at radius 1 is 0.556 bits per heavy atom. The summed E-state index contributed by atoms with van der Waals surface area (Å²) in [5, 5.41) is 21.0. The molecule has 8 nitrogen and oxygen atoms in total. The summed E-state index contributed by atoms with van der Waals surface area (Å²) >= 11 is 0. The van der Waals surface area contributed by atoms with Crippen LogP contribution >= 0.6 is 0 Å². The minimum Gasteiger partial charge on any atom is -0.478 e. The lowest BCUT2D eigenvalue weighted by molar-refractivity contribution is -0.132. The molecular weight excluding hydrogens is 675 g/mol. The standard InChI is InChI=1S/C46H55N3O5/c1-2-3-4-5-6-7-8-9-10-11-12-13-14-15-34-47-41(50)31-22-35-16-25-38(26-17-35)44-45(39-27-18-36(19-28-39)23-32-42(51)52)49-46(48-44)40-29-20-37(21-30-40)24-33-43(53)54/h16-33H,2-15,34H2,1H3,(H,47,50)(H,48,49)(H,51,52)(H,53,54)/b31-22?,32-23+,33-24+. The molecule has 0 aliphatic heterocycles. The van der Waals surface area contributed by atoms with E-state index < -0.39 is 11.9 Å². The van der Waals surface area contributed by atoms with Gasteiger partial charge in [-0.1, -0.05) is 163 Å². The average molecular weight is 730 g/mol. The van der Waals surface area contributed by atoms with E-state index >= 15 is 0 Å². The molecule has 0 fully saturated rings. The normalized spacial score (nSPS) is 11.6. The Kier molecular flexibility index (Phi) is 17.7. The van der Waals surface area contributed by atoms with Crippen LogP contribution in [0.3, 0.4) is 0 Å². The number of aromatic nitrogens is 2. The van der Waals surface area contributed by atoms with Crippen LogP contribution in [0.25, 0.3) is 52.1 Å². The van der Waals surface area contributed by atoms with E-state index in [0.29, 0.717) is 12.4 Å². The van der Waals surface area contributed by atoms with Crippen LogP contribution in [0.4, 0.5) is 0 Å². The molecule has 0 radical (unpaired) electrons. The van der Waals surface area contributed by atoms with Crippen molar-refractivity contribution < 1.29 is 24.6 Å². The van der Waals surface area contributed by atoms with Gasteiger partial charge in [-0.25, -0.2) is 14.6 Å². The van der Waals surface area contributed by atoms with Gasteiger partial charge in [0.15, 0.2) is 0 Å². The first-order valence-electron chi connectivity index (χ1n) is 19.5. The van der Waals surface area contributed by atoms with Crippen molar-refractivity contribution in [1.29, 1.82) is 0 Å². The van der Waals surface area contributed by atoms with Crippen LogP contribution in [0.5, 0.6) is 0 Å². The van der Waals surface area contributed by atoms with Crippen molar-refractivity contribution in [2.75, 3.05) is 6.54 Å². The molecule has 0 bridgehead atoms. The lowest BCUT2D eigenvalue weighted by Crippen LogP contribution is -2.21. The molecule has 54 heavy (non-hydrogen) atoms. The van der Waals surface area contributed by atoms with Crippen molar-refractivity contribution in [2.24, 2.45) is 0 Å². The van der Waals surface area contributed by atoms with Gasteiger partial charge in [0.2, 0.25) is 5.91 Å². The molecule has 8 heteroatoms. The quantitative estimate of drug-likeness (QED) is 0.0419. The Labute approximate surface area is 320 Å². The van der Waals surface area contributed by atoms with Gasteiger partial charge in [0.25, 0.3) is 0 Å². The molecule has 1 aromatic heterocycles. The van der Waals surface area contributed by atoms with Gasteiger partial charge in [0, 0.05) is 41.5 Å². The number of aromatic amines is 1. The minimum atomic E-state index is -1.01. The summed E-state index contributed by atoms with van der Waals surface area (Å²) in [6.07, 6.45) is 27.0. The molecule has 1 amide bonds. The number of H-pyrrole nitrogens is 1. The SMILES string of the molecule is CCCCCCCCCCCCCCCCNC(=O)C=Cc1ccc(-c2[nH]c(-c3ccc(/C=C/C(=O)O)cc3)nc2-c2ccc(/C=C/C(=O)O)cc2)cc1. The molecule has 0 unspecified atom stereocenters. The molecule has 0 atom stereocenters. The maximum Gasteiger partial charge on any atom is 0.328 e. The highest BCUT2D eigenvalue weighted by molar-refractivity contribution is 5.92. The molecule has 4 aromatic rings. The molecule has 4 rings (SSSR count). The van der Waals surface area contributed by atoms with Crippen molar-refractivity contribution in [3.05, 3.63) is 108 Å². The fraction of sp³-hybridized carbons (Fsp3) is 0.348. The topological polar surface area (TPSA) is 132 Å². The number of aliphatic carboxylic acids is 2. The number of hydrogen-bond donors (Lipinski definition) is 4. The number of hydrogen-bond acceptors (Lipinski definition) is 4. The van der Waals surface area contributed by atoms with E-state index in [9.17, 15) is 14.4 Å². The fourth-order valence-corrected chi connectivity index (χ4v) is 6.29. The van der Waals surface area contributed by atoms with Gasteiger partial charge in [-0.15, -0.1) is 0 Å². The van der Waals surface area contributed by atoms with Crippen LogP contribution in [0.2, 0.25) is 0 Å². The fourth-order valence-electron chi connectivity index (χ4n) is 6.29. The van der Waals surface area contributed by atoms with Crippen LogP contribution < -0.4 is 5.32 Å². The highest BCUT2D eigenvalue weighted by Crippen LogP contribution is 2.34. The number of carbonyl (C=O) groups excluding carboxylic acids is 1. The van der Waals surface area contributed by atoms with E-state index in [-0.39, 0.29) is 5.91 Å². The Morgan fingerprint density at radius 2 is 0.963 bits per heavy atom. The summed E-state index contributed by atoms with van der Waals surface area (Å²) in [6.45, 7) is 2.95. The van der Waals surface area contributed by atoms with E-state index in [0.717, 1.165) is 69.8 Å². The lowest BCUT2D eigenvalue weighted by atomic mass is 10.0. The van der Waals surface area contributed by atoms with E-state index in [2.05, 4.69) is 17.2 Å². The Morgan fingerprint density at radius 3 is 1.43 bits per heavy atom. The summed E-state index contributed by atoms with van der Waals surface area (Å²) in [7, 11) is 0. The molecule has 1 heterocycles. The van der Waals surface area contributed by atoms with E-state index in [4.69, 9.17) is 15.2 Å². The van der Waals surface area contributed by atoms with Gasteiger partial charge in [-0.2, -0.15) is 0 Å². The number of imidazole rings is 1. The first kappa shape index (κ1) is 41.3. The third-order valence-electron chi connectivity index (χ3n) is 9.36. The highest BCUT2D eigenvalue weighted by atomic mass is 16.4. The first-order chi connectivity index (χ1) is 26.3. The molecule has 0 saturated carbocycles. The van der Waals surface area contributed by atoms with Crippen LogP contribution in [-0.2, 0) is 14.4 Å². The summed E-state index contributed by atoms with van der Waals surface area (Å²) in [4.78, 5) is 42.8. The summed E-state index contributed by atoms with van der Waals surface area (Å²) in [6, 6.07) is 22.8. The van der Waals surface area contributed by atoms with Crippen molar-refractivity contribution in [1.82, 2.24) is 15.3 Å². The number of rotatable bonds is 24. The van der Waals surface area contributed by atoms with E-state index in [1.165, 1.54) is 89.2 Å². The van der Waals surface area contributed by atoms with Crippen LogP contribution in [-0.4, -0.2) is 44.6 Å². The third kappa shape index (κ3) is 14.9. The maximum absolute atomic E-state index is 12.5. The zero-order valence-corrected chi connectivity index (χ0v) is 31.6. The number of amides is 1. The minimum absolute atomic E-state index is 0.0969. The second-order valence-corrected chi connectivity index (χ2v) is 13.7. The first-order valence-corrected chi connectivity index (χ1v) is 19.5. The Balaban J connectivity index is 1.30. The maximum atomic E-state index is 12.5. The summed E-state index contributed by atoms with van der Waals surface area (Å²) in [5.41, 5.74) is 6.50. The van der Waals surface area contributed by atoms with E-state index in [1.807, 2.05) is 78.9 Å². The number of carboxylic acid groups (broad SMARTS) is 2. The van der Waals surface area contributed by atoms with Gasteiger partial charge in [0.1, 0.15) is 5.82 Å². The van der Waals surface area contributed by atoms with Crippen molar-refractivity contribution >= 4 is 36.1 Å². The molecule has 284 valence electrons.